The van der Waals surface area contributed by atoms with Crippen molar-refractivity contribution in [1.82, 2.24) is 4.98 Å². The minimum absolute atomic E-state index is 0.000684. The highest BCUT2D eigenvalue weighted by molar-refractivity contribution is 7.09. The molecule has 0 spiro atoms. The third-order valence-electron chi connectivity index (χ3n) is 2.64. The Labute approximate surface area is 128 Å². The van der Waals surface area contributed by atoms with Crippen LogP contribution in [0, 0.1) is 10.1 Å². The van der Waals surface area contributed by atoms with E-state index in [2.05, 4.69) is 10.3 Å². The first kappa shape index (κ1) is 15.2. The van der Waals surface area contributed by atoms with E-state index in [1.54, 1.807) is 6.20 Å². The molecule has 0 saturated heterocycles. The van der Waals surface area contributed by atoms with Gasteiger partial charge in [0, 0.05) is 36.7 Å². The summed E-state index contributed by atoms with van der Waals surface area (Å²) in [7, 11) is 0. The molecule has 0 saturated carbocycles. The molecule has 9 heteroatoms. The highest BCUT2D eigenvalue weighted by Crippen LogP contribution is 2.31. The Balaban J connectivity index is 2.21. The van der Waals surface area contributed by atoms with Crippen molar-refractivity contribution in [3.05, 3.63) is 49.4 Å². The number of aromatic carboxylic acids is 1. The summed E-state index contributed by atoms with van der Waals surface area (Å²) < 4.78 is 0. The number of aromatic nitrogens is 1. The molecule has 0 atom stereocenters. The van der Waals surface area contributed by atoms with Crippen LogP contribution in [-0.4, -0.2) is 27.5 Å². The van der Waals surface area contributed by atoms with Gasteiger partial charge in [-0.25, -0.2) is 9.78 Å². The third-order valence-corrected chi connectivity index (χ3v) is 3.78. The Hall–Kier alpha value is -2.19. The molecular weight excluding hydrogens is 318 g/mol. The summed E-state index contributed by atoms with van der Waals surface area (Å²) in [6.45, 7) is 0.422. The van der Waals surface area contributed by atoms with Crippen LogP contribution >= 0.6 is 22.9 Å². The number of nitro groups is 1. The van der Waals surface area contributed by atoms with E-state index in [1.807, 2.05) is 5.38 Å². The largest absolute Gasteiger partial charge is 0.478 e. The van der Waals surface area contributed by atoms with Gasteiger partial charge in [0.25, 0.3) is 5.69 Å². The second-order valence-electron chi connectivity index (χ2n) is 4.02. The van der Waals surface area contributed by atoms with E-state index in [9.17, 15) is 14.9 Å². The molecule has 0 aliphatic rings. The van der Waals surface area contributed by atoms with E-state index in [-0.39, 0.29) is 22.0 Å². The minimum atomic E-state index is -1.28. The van der Waals surface area contributed by atoms with Crippen molar-refractivity contribution in [2.75, 3.05) is 11.9 Å². The highest BCUT2D eigenvalue weighted by atomic mass is 35.5. The number of hydrogen-bond acceptors (Lipinski definition) is 6. The van der Waals surface area contributed by atoms with E-state index in [4.69, 9.17) is 16.7 Å². The lowest BCUT2D eigenvalue weighted by Gasteiger charge is -2.11. The predicted molar refractivity (Wildman–Crippen MR) is 79.4 cm³/mol. The number of carbonyl (C=O) groups is 1. The summed E-state index contributed by atoms with van der Waals surface area (Å²) in [6.07, 6.45) is 2.28. The van der Waals surface area contributed by atoms with Gasteiger partial charge >= 0.3 is 5.97 Å². The van der Waals surface area contributed by atoms with Crippen molar-refractivity contribution in [3.8, 4) is 0 Å². The molecular formula is C12H10ClN3O4S. The lowest BCUT2D eigenvalue weighted by molar-refractivity contribution is -0.384. The molecule has 21 heavy (non-hydrogen) atoms. The molecule has 0 aliphatic heterocycles. The minimum Gasteiger partial charge on any atom is -0.478 e. The average Bonchev–Trinajstić information content (AvgIpc) is 2.92. The van der Waals surface area contributed by atoms with Gasteiger partial charge in [-0.2, -0.15) is 0 Å². The molecule has 0 bridgehead atoms. The van der Waals surface area contributed by atoms with E-state index < -0.39 is 10.9 Å². The maximum Gasteiger partial charge on any atom is 0.338 e. The molecule has 110 valence electrons. The zero-order valence-electron chi connectivity index (χ0n) is 10.6. The second kappa shape index (κ2) is 6.51. The van der Waals surface area contributed by atoms with Gasteiger partial charge in [0.15, 0.2) is 0 Å². The standard InChI is InChI=1S/C12H10ClN3O4S/c13-9-6-7(16(19)20)5-8(12(17)18)11(9)15-2-1-10-14-3-4-21-10/h3-6,15H,1-2H2,(H,17,18). The van der Waals surface area contributed by atoms with Crippen LogP contribution in [0.15, 0.2) is 23.7 Å². The van der Waals surface area contributed by atoms with Crippen LogP contribution in [0.4, 0.5) is 11.4 Å². The highest BCUT2D eigenvalue weighted by Gasteiger charge is 2.19. The number of halogens is 1. The predicted octanol–water partition coefficient (Wildman–Crippen LogP) is 3.06. The number of benzene rings is 1. The number of non-ortho nitro benzene ring substituents is 1. The number of thiazole rings is 1. The van der Waals surface area contributed by atoms with E-state index in [1.165, 1.54) is 11.3 Å². The lowest BCUT2D eigenvalue weighted by atomic mass is 10.1. The number of carboxylic acid groups (broad SMARTS) is 1. The Morgan fingerprint density at radius 2 is 2.29 bits per heavy atom. The molecule has 2 aromatic rings. The Kier molecular flexibility index (Phi) is 4.71. The van der Waals surface area contributed by atoms with Crippen LogP contribution in [0.3, 0.4) is 0 Å². The van der Waals surface area contributed by atoms with Crippen molar-refractivity contribution < 1.29 is 14.8 Å². The molecule has 7 nitrogen and oxygen atoms in total. The van der Waals surface area contributed by atoms with Crippen LogP contribution in [0.25, 0.3) is 0 Å². The molecule has 0 amide bonds. The Bertz CT molecular complexity index is 675. The first-order chi connectivity index (χ1) is 9.99. The fraction of sp³-hybridized carbons (Fsp3) is 0.167. The summed E-state index contributed by atoms with van der Waals surface area (Å²) in [5, 5.41) is 25.5. The number of rotatable bonds is 6. The lowest BCUT2D eigenvalue weighted by Crippen LogP contribution is -2.10. The quantitative estimate of drug-likeness (QED) is 0.624. The number of carboxylic acids is 1. The summed E-state index contributed by atoms with van der Waals surface area (Å²) in [6, 6.07) is 2.11. The maximum absolute atomic E-state index is 11.2. The van der Waals surface area contributed by atoms with Crippen LogP contribution in [0.2, 0.25) is 5.02 Å². The van der Waals surface area contributed by atoms with E-state index in [0.29, 0.717) is 13.0 Å². The van der Waals surface area contributed by atoms with Gasteiger partial charge in [0.2, 0.25) is 0 Å². The van der Waals surface area contributed by atoms with Crippen molar-refractivity contribution >= 4 is 40.3 Å². The molecule has 1 aromatic heterocycles. The molecule has 0 aliphatic carbocycles. The molecule has 0 fully saturated rings. The van der Waals surface area contributed by atoms with Gasteiger partial charge < -0.3 is 10.4 Å². The van der Waals surface area contributed by atoms with E-state index >= 15 is 0 Å². The molecule has 2 rings (SSSR count). The number of nitrogens with one attached hydrogen (secondary N) is 1. The molecule has 1 heterocycles. The molecule has 0 unspecified atom stereocenters. The van der Waals surface area contributed by atoms with Gasteiger partial charge in [0.1, 0.15) is 0 Å². The summed E-state index contributed by atoms with van der Waals surface area (Å²) in [4.78, 5) is 25.4. The summed E-state index contributed by atoms with van der Waals surface area (Å²) in [5.74, 6) is -1.28. The van der Waals surface area contributed by atoms with Gasteiger partial charge in [-0.3, -0.25) is 10.1 Å². The topological polar surface area (TPSA) is 105 Å². The van der Waals surface area contributed by atoms with Gasteiger partial charge in [-0.1, -0.05) is 11.6 Å². The third kappa shape index (κ3) is 3.67. The number of nitrogens with zero attached hydrogens (tertiary/aromatic N) is 2. The van der Waals surface area contributed by atoms with Gasteiger partial charge in [0.05, 0.1) is 26.2 Å². The first-order valence-corrected chi connectivity index (χ1v) is 7.08. The van der Waals surface area contributed by atoms with Crippen LogP contribution in [-0.2, 0) is 6.42 Å². The Morgan fingerprint density at radius 3 is 2.86 bits per heavy atom. The summed E-state index contributed by atoms with van der Waals surface area (Å²) in [5.41, 5.74) is -0.414. The first-order valence-electron chi connectivity index (χ1n) is 5.82. The fourth-order valence-electron chi connectivity index (χ4n) is 1.72. The number of hydrogen-bond donors (Lipinski definition) is 2. The van der Waals surface area contributed by atoms with Crippen molar-refractivity contribution in [2.45, 2.75) is 6.42 Å². The van der Waals surface area contributed by atoms with Gasteiger partial charge in [-0.15, -0.1) is 11.3 Å². The van der Waals surface area contributed by atoms with Crippen molar-refractivity contribution in [1.29, 1.82) is 0 Å². The zero-order chi connectivity index (χ0) is 15.4. The number of nitro benzene ring substituents is 1. The summed E-state index contributed by atoms with van der Waals surface area (Å²) >= 11 is 7.43. The van der Waals surface area contributed by atoms with Crippen LogP contribution in [0.5, 0.6) is 0 Å². The second-order valence-corrected chi connectivity index (χ2v) is 5.40. The SMILES string of the molecule is O=C(O)c1cc([N+](=O)[O-])cc(Cl)c1NCCc1nccs1. The van der Waals surface area contributed by atoms with Crippen molar-refractivity contribution in [3.63, 3.8) is 0 Å². The van der Waals surface area contributed by atoms with Gasteiger partial charge in [-0.05, 0) is 0 Å². The number of anilines is 1. The molecule has 2 N–H and O–H groups in total. The van der Waals surface area contributed by atoms with Crippen molar-refractivity contribution in [2.24, 2.45) is 0 Å². The zero-order valence-corrected chi connectivity index (χ0v) is 12.1. The van der Waals surface area contributed by atoms with Crippen LogP contribution < -0.4 is 5.32 Å². The van der Waals surface area contributed by atoms with E-state index in [0.717, 1.165) is 17.1 Å². The monoisotopic (exact) mass is 327 g/mol. The maximum atomic E-state index is 11.2. The molecule has 0 radical (unpaired) electrons. The van der Waals surface area contributed by atoms with Crippen LogP contribution in [0.1, 0.15) is 15.4 Å². The molecule has 1 aromatic carbocycles. The fourth-order valence-corrected chi connectivity index (χ4v) is 2.62. The normalized spacial score (nSPS) is 10.3. The Morgan fingerprint density at radius 1 is 1.52 bits per heavy atom. The smallest absolute Gasteiger partial charge is 0.338 e. The average molecular weight is 328 g/mol.